The van der Waals surface area contributed by atoms with Gasteiger partial charge in [-0.05, 0) is 31.2 Å². The molecule has 0 saturated heterocycles. The third-order valence-corrected chi connectivity index (χ3v) is 5.97. The van der Waals surface area contributed by atoms with Crippen LogP contribution in [0.2, 0.25) is 0 Å². The van der Waals surface area contributed by atoms with Crippen LogP contribution in [0.5, 0.6) is 5.75 Å². The second-order valence-electron chi connectivity index (χ2n) is 6.72. The van der Waals surface area contributed by atoms with Crippen LogP contribution in [0.3, 0.4) is 0 Å². The summed E-state index contributed by atoms with van der Waals surface area (Å²) in [6.45, 7) is 1.89. The summed E-state index contributed by atoms with van der Waals surface area (Å²) in [7, 11) is 1.62. The molecule has 4 rings (SSSR count). The lowest BCUT2D eigenvalue weighted by Crippen LogP contribution is -1.96. The van der Waals surface area contributed by atoms with Gasteiger partial charge in [-0.1, -0.05) is 35.5 Å². The van der Waals surface area contributed by atoms with Crippen molar-refractivity contribution in [2.45, 2.75) is 13.3 Å². The second-order valence-corrected chi connectivity index (χ2v) is 7.82. The lowest BCUT2D eigenvalue weighted by molar-refractivity contribution is 0.398. The number of anilines is 3. The van der Waals surface area contributed by atoms with Crippen molar-refractivity contribution in [3.05, 3.63) is 76.4 Å². The lowest BCUT2D eigenvalue weighted by Gasteiger charge is -2.05. The van der Waals surface area contributed by atoms with Gasteiger partial charge in [-0.2, -0.15) is 5.26 Å². The first-order chi connectivity index (χ1) is 14.6. The molecule has 0 spiro atoms. The highest BCUT2D eigenvalue weighted by molar-refractivity contribution is 7.17. The lowest BCUT2D eigenvalue weighted by atomic mass is 10.0. The molecule has 2 aromatic heterocycles. The first kappa shape index (κ1) is 19.6. The number of nitrogens with zero attached hydrogens (tertiary/aromatic N) is 2. The summed E-state index contributed by atoms with van der Waals surface area (Å²) in [6.07, 6.45) is 0.537. The average Bonchev–Trinajstić information content (AvgIpc) is 3.28. The highest BCUT2D eigenvalue weighted by Gasteiger charge is 2.21. The Bertz CT molecular complexity index is 1200. The van der Waals surface area contributed by atoms with Gasteiger partial charge in [0.05, 0.1) is 12.8 Å². The molecule has 0 unspecified atom stereocenters. The van der Waals surface area contributed by atoms with Crippen LogP contribution in [0.1, 0.15) is 21.8 Å². The molecule has 7 heteroatoms. The topological polar surface area (TPSA) is 97.1 Å². The largest absolute Gasteiger partial charge is 0.497 e. The van der Waals surface area contributed by atoms with Gasteiger partial charge in [0.15, 0.2) is 0 Å². The van der Waals surface area contributed by atoms with E-state index in [4.69, 9.17) is 15.0 Å². The molecule has 30 heavy (non-hydrogen) atoms. The SMILES string of the molecule is COc1ccc(Nc2sc(Cc3c(-c4ccccc4)noc3C)c(N)c2C#N)cc1. The fourth-order valence-electron chi connectivity index (χ4n) is 3.21. The van der Waals surface area contributed by atoms with Gasteiger partial charge in [-0.3, -0.25) is 0 Å². The van der Waals surface area contributed by atoms with Gasteiger partial charge in [-0.15, -0.1) is 11.3 Å². The van der Waals surface area contributed by atoms with Crippen molar-refractivity contribution in [2.24, 2.45) is 0 Å². The summed E-state index contributed by atoms with van der Waals surface area (Å²) >= 11 is 1.47. The second kappa shape index (κ2) is 8.31. The molecule has 0 aliphatic carbocycles. The van der Waals surface area contributed by atoms with Gasteiger partial charge < -0.3 is 20.3 Å². The summed E-state index contributed by atoms with van der Waals surface area (Å²) in [5.74, 6) is 1.51. The number of aryl methyl sites for hydroxylation is 1. The average molecular weight is 417 g/mol. The van der Waals surface area contributed by atoms with Gasteiger partial charge in [0.1, 0.15) is 33.8 Å². The van der Waals surface area contributed by atoms with Crippen molar-refractivity contribution >= 4 is 27.7 Å². The number of nitriles is 1. The molecule has 150 valence electrons. The number of hydrogen-bond donors (Lipinski definition) is 2. The van der Waals surface area contributed by atoms with Crippen molar-refractivity contribution in [1.29, 1.82) is 5.26 Å². The summed E-state index contributed by atoms with van der Waals surface area (Å²) in [5, 5.41) is 17.9. The zero-order chi connectivity index (χ0) is 21.1. The third kappa shape index (κ3) is 3.73. The van der Waals surface area contributed by atoms with Crippen molar-refractivity contribution < 1.29 is 9.26 Å². The van der Waals surface area contributed by atoms with E-state index in [0.29, 0.717) is 22.7 Å². The van der Waals surface area contributed by atoms with Crippen molar-refractivity contribution in [2.75, 3.05) is 18.2 Å². The van der Waals surface area contributed by atoms with Crippen LogP contribution in [0.15, 0.2) is 59.1 Å². The molecular formula is C23H20N4O2S. The maximum absolute atomic E-state index is 9.67. The minimum Gasteiger partial charge on any atom is -0.497 e. The quantitative estimate of drug-likeness (QED) is 0.430. The van der Waals surface area contributed by atoms with E-state index in [-0.39, 0.29) is 0 Å². The number of ether oxygens (including phenoxy) is 1. The number of benzene rings is 2. The highest BCUT2D eigenvalue weighted by Crippen LogP contribution is 2.40. The summed E-state index contributed by atoms with van der Waals surface area (Å²) in [5.41, 5.74) is 10.9. The van der Waals surface area contributed by atoms with Crippen molar-refractivity contribution in [3.63, 3.8) is 0 Å². The predicted octanol–water partition coefficient (Wildman–Crippen LogP) is 5.51. The normalized spacial score (nSPS) is 10.6. The van der Waals surface area contributed by atoms with Gasteiger partial charge in [0.25, 0.3) is 0 Å². The first-order valence-corrected chi connectivity index (χ1v) is 10.1. The molecule has 0 saturated carbocycles. The fourth-order valence-corrected chi connectivity index (χ4v) is 4.31. The number of nitrogen functional groups attached to an aromatic ring is 1. The van der Waals surface area contributed by atoms with Crippen LogP contribution in [0.4, 0.5) is 16.4 Å². The van der Waals surface area contributed by atoms with Crippen LogP contribution in [0.25, 0.3) is 11.3 Å². The molecule has 3 N–H and O–H groups in total. The molecule has 0 aliphatic heterocycles. The molecule has 6 nitrogen and oxygen atoms in total. The number of hydrogen-bond acceptors (Lipinski definition) is 7. The molecule has 0 radical (unpaired) electrons. The van der Waals surface area contributed by atoms with Gasteiger partial charge >= 0.3 is 0 Å². The molecule has 0 atom stereocenters. The molecule has 0 fully saturated rings. The Morgan fingerprint density at radius 3 is 2.57 bits per heavy atom. The summed E-state index contributed by atoms with van der Waals surface area (Å²) < 4.78 is 10.7. The number of aromatic nitrogens is 1. The van der Waals surface area contributed by atoms with E-state index in [2.05, 4.69) is 16.5 Å². The Labute approximate surface area is 178 Å². The maximum atomic E-state index is 9.67. The standard InChI is InChI=1S/C23H20N4O2S/c1-14-18(22(27-29-14)15-6-4-3-5-7-15)12-20-21(25)19(13-24)23(30-20)26-16-8-10-17(28-2)11-9-16/h3-11,26H,12,25H2,1-2H3. The van der Waals surface area contributed by atoms with Crippen LogP contribution in [0, 0.1) is 18.3 Å². The monoisotopic (exact) mass is 416 g/mol. The van der Waals surface area contributed by atoms with E-state index in [9.17, 15) is 5.26 Å². The van der Waals surface area contributed by atoms with E-state index in [1.54, 1.807) is 7.11 Å². The van der Waals surface area contributed by atoms with E-state index in [1.807, 2.05) is 61.5 Å². The van der Waals surface area contributed by atoms with E-state index in [0.717, 1.165) is 38.9 Å². The Hall–Kier alpha value is -3.76. The van der Waals surface area contributed by atoms with Crippen LogP contribution < -0.4 is 15.8 Å². The first-order valence-electron chi connectivity index (χ1n) is 9.33. The number of rotatable bonds is 6. The zero-order valence-corrected chi connectivity index (χ0v) is 17.4. The van der Waals surface area contributed by atoms with Crippen LogP contribution >= 0.6 is 11.3 Å². The summed E-state index contributed by atoms with van der Waals surface area (Å²) in [6, 6.07) is 19.6. The van der Waals surface area contributed by atoms with Crippen molar-refractivity contribution in [1.82, 2.24) is 5.16 Å². The Morgan fingerprint density at radius 2 is 1.90 bits per heavy atom. The van der Waals surface area contributed by atoms with Gasteiger partial charge in [0, 0.05) is 28.1 Å². The van der Waals surface area contributed by atoms with Crippen LogP contribution in [-0.2, 0) is 6.42 Å². The Morgan fingerprint density at radius 1 is 1.17 bits per heavy atom. The number of thiophene rings is 1. The highest BCUT2D eigenvalue weighted by atomic mass is 32.1. The molecule has 2 aromatic carbocycles. The molecular weight excluding hydrogens is 396 g/mol. The Kier molecular flexibility index (Phi) is 5.42. The minimum absolute atomic E-state index is 0.446. The van der Waals surface area contributed by atoms with E-state index in [1.165, 1.54) is 11.3 Å². The molecule has 0 aliphatic rings. The number of nitrogens with two attached hydrogens (primary N) is 1. The summed E-state index contributed by atoms with van der Waals surface area (Å²) in [4.78, 5) is 0.894. The maximum Gasteiger partial charge on any atom is 0.137 e. The van der Waals surface area contributed by atoms with E-state index >= 15 is 0 Å². The van der Waals surface area contributed by atoms with E-state index < -0.39 is 0 Å². The van der Waals surface area contributed by atoms with Crippen LogP contribution in [-0.4, -0.2) is 12.3 Å². The van der Waals surface area contributed by atoms with Gasteiger partial charge in [-0.25, -0.2) is 0 Å². The zero-order valence-electron chi connectivity index (χ0n) is 16.6. The smallest absolute Gasteiger partial charge is 0.137 e. The number of methoxy groups -OCH3 is 1. The van der Waals surface area contributed by atoms with Crippen molar-refractivity contribution in [3.8, 4) is 23.1 Å². The minimum atomic E-state index is 0.446. The molecule has 0 bridgehead atoms. The van der Waals surface area contributed by atoms with Gasteiger partial charge in [0.2, 0.25) is 0 Å². The predicted molar refractivity (Wildman–Crippen MR) is 119 cm³/mol. The third-order valence-electron chi connectivity index (χ3n) is 4.85. The number of nitrogens with one attached hydrogen (secondary N) is 1. The Balaban J connectivity index is 1.67. The molecule has 0 amide bonds. The molecule has 4 aromatic rings. The molecule has 2 heterocycles. The fraction of sp³-hybridized carbons (Fsp3) is 0.130.